The smallest absolute Gasteiger partial charge is 0.420 e. The van der Waals surface area contributed by atoms with Gasteiger partial charge < -0.3 is 15.6 Å². The van der Waals surface area contributed by atoms with Crippen molar-refractivity contribution in [3.05, 3.63) is 64.2 Å². The van der Waals surface area contributed by atoms with Crippen molar-refractivity contribution in [3.8, 4) is 5.75 Å². The van der Waals surface area contributed by atoms with Gasteiger partial charge in [0.15, 0.2) is 0 Å². The summed E-state index contributed by atoms with van der Waals surface area (Å²) in [6.45, 7) is -0.622. The predicted octanol–water partition coefficient (Wildman–Crippen LogP) is 5.46. The van der Waals surface area contributed by atoms with E-state index in [1.54, 1.807) is 30.3 Å². The van der Waals surface area contributed by atoms with Gasteiger partial charge in [0, 0.05) is 18.1 Å². The fourth-order valence-electron chi connectivity index (χ4n) is 4.82. The lowest BCUT2D eigenvalue weighted by atomic mass is 9.61. The average molecular weight is 461 g/mol. The van der Waals surface area contributed by atoms with Crippen molar-refractivity contribution < 1.29 is 36.2 Å². The molecule has 1 aliphatic rings. The van der Waals surface area contributed by atoms with Crippen LogP contribution in [0.2, 0.25) is 0 Å². The zero-order valence-electron chi connectivity index (χ0n) is 17.5. The van der Waals surface area contributed by atoms with Crippen molar-refractivity contribution in [3.63, 3.8) is 0 Å². The molecule has 0 heterocycles. The Morgan fingerprint density at radius 3 is 2.09 bits per heavy atom. The molecule has 0 spiro atoms. The summed E-state index contributed by atoms with van der Waals surface area (Å²) in [6.07, 6.45) is -9.94. The molecule has 0 aliphatic heterocycles. The number of hydrogen-bond acceptors (Lipinski definition) is 3. The molecule has 2 aromatic carbocycles. The first kappa shape index (κ1) is 24.4. The SMILES string of the molecule is COc1c(CCO)cc(C(F)(F)F)c(C2(c3ccccc3)CCC(N)CC2)c1C(F)(F)F. The Kier molecular flexibility index (Phi) is 6.81. The Balaban J connectivity index is 2.50. The zero-order chi connectivity index (χ0) is 23.7. The van der Waals surface area contributed by atoms with Crippen LogP contribution in [0.3, 0.4) is 0 Å². The molecule has 2 aromatic rings. The van der Waals surface area contributed by atoms with Crippen LogP contribution < -0.4 is 10.5 Å². The van der Waals surface area contributed by atoms with E-state index < -0.39 is 53.2 Å². The van der Waals surface area contributed by atoms with Crippen LogP contribution in [0.25, 0.3) is 0 Å². The maximum Gasteiger partial charge on any atom is 0.420 e. The second-order valence-corrected chi connectivity index (χ2v) is 8.12. The van der Waals surface area contributed by atoms with E-state index in [0.717, 1.165) is 7.11 Å². The molecule has 1 saturated carbocycles. The molecule has 0 radical (unpaired) electrons. The molecule has 3 rings (SSSR count). The highest BCUT2D eigenvalue weighted by Crippen LogP contribution is 2.55. The molecule has 32 heavy (non-hydrogen) atoms. The molecular weight excluding hydrogens is 436 g/mol. The summed E-state index contributed by atoms with van der Waals surface area (Å²) < 4.78 is 91.3. The first-order chi connectivity index (χ1) is 15.0. The Hall–Kier alpha value is -2.26. The monoisotopic (exact) mass is 461 g/mol. The highest BCUT2D eigenvalue weighted by atomic mass is 19.4. The topological polar surface area (TPSA) is 55.5 Å². The molecule has 0 amide bonds. The maximum atomic E-state index is 14.5. The van der Waals surface area contributed by atoms with Gasteiger partial charge in [-0.3, -0.25) is 0 Å². The number of alkyl halides is 6. The number of hydrogen-bond donors (Lipinski definition) is 2. The Labute approximate surface area is 182 Å². The third-order valence-electron chi connectivity index (χ3n) is 6.22. The van der Waals surface area contributed by atoms with Crippen molar-refractivity contribution in [2.24, 2.45) is 5.73 Å². The highest BCUT2D eigenvalue weighted by molar-refractivity contribution is 5.59. The number of aliphatic hydroxyl groups is 1. The van der Waals surface area contributed by atoms with Crippen molar-refractivity contribution in [1.29, 1.82) is 0 Å². The van der Waals surface area contributed by atoms with Gasteiger partial charge in [0.1, 0.15) is 11.3 Å². The molecule has 3 N–H and O–H groups in total. The summed E-state index contributed by atoms with van der Waals surface area (Å²) in [4.78, 5) is 0. The van der Waals surface area contributed by atoms with Crippen LogP contribution in [0.5, 0.6) is 5.75 Å². The second kappa shape index (κ2) is 8.94. The van der Waals surface area contributed by atoms with Gasteiger partial charge in [-0.25, -0.2) is 0 Å². The second-order valence-electron chi connectivity index (χ2n) is 8.12. The van der Waals surface area contributed by atoms with Gasteiger partial charge in [0.25, 0.3) is 0 Å². The van der Waals surface area contributed by atoms with E-state index in [1.807, 2.05) is 0 Å². The van der Waals surface area contributed by atoms with Gasteiger partial charge in [-0.15, -0.1) is 0 Å². The van der Waals surface area contributed by atoms with Crippen molar-refractivity contribution in [2.45, 2.75) is 55.9 Å². The van der Waals surface area contributed by atoms with Crippen LogP contribution in [0.1, 0.15) is 53.5 Å². The molecule has 176 valence electrons. The van der Waals surface area contributed by atoms with Crippen LogP contribution in [0.15, 0.2) is 36.4 Å². The Bertz CT molecular complexity index is 932. The van der Waals surface area contributed by atoms with Crippen LogP contribution >= 0.6 is 0 Å². The summed E-state index contributed by atoms with van der Waals surface area (Å²) in [7, 11) is 0.995. The van der Waals surface area contributed by atoms with Gasteiger partial charge in [-0.2, -0.15) is 26.3 Å². The normalized spacial score (nSPS) is 22.1. The fourth-order valence-corrected chi connectivity index (χ4v) is 4.82. The van der Waals surface area contributed by atoms with Gasteiger partial charge in [0.2, 0.25) is 0 Å². The van der Waals surface area contributed by atoms with E-state index in [0.29, 0.717) is 11.6 Å². The van der Waals surface area contributed by atoms with Crippen molar-refractivity contribution >= 4 is 0 Å². The first-order valence-corrected chi connectivity index (χ1v) is 10.3. The Morgan fingerprint density at radius 2 is 1.62 bits per heavy atom. The molecule has 0 aromatic heterocycles. The maximum absolute atomic E-state index is 14.5. The molecule has 0 bridgehead atoms. The summed E-state index contributed by atoms with van der Waals surface area (Å²) in [5.41, 5.74) is 0.864. The van der Waals surface area contributed by atoms with E-state index in [1.165, 1.54) is 0 Å². The summed E-state index contributed by atoms with van der Waals surface area (Å²) in [5.74, 6) is -0.681. The highest BCUT2D eigenvalue weighted by Gasteiger charge is 2.52. The van der Waals surface area contributed by atoms with Gasteiger partial charge >= 0.3 is 12.4 Å². The van der Waals surface area contributed by atoms with E-state index in [4.69, 9.17) is 10.5 Å². The minimum Gasteiger partial charge on any atom is -0.496 e. The quantitative estimate of drug-likeness (QED) is 0.582. The Morgan fingerprint density at radius 1 is 1.03 bits per heavy atom. The number of ether oxygens (including phenoxy) is 1. The standard InChI is InChI=1S/C23H25F6NO2/c1-32-20-14(9-12-31)13-17(22(24,25)26)18(19(20)23(27,28)29)21(10-7-16(30)8-11-21)15-5-3-2-4-6-15/h2-6,13,16,31H,7-12,30H2,1H3. The minimum atomic E-state index is -5.12. The van der Waals surface area contributed by atoms with E-state index in [-0.39, 0.29) is 37.3 Å². The van der Waals surface area contributed by atoms with Crippen molar-refractivity contribution in [1.82, 2.24) is 0 Å². The average Bonchev–Trinajstić information content (AvgIpc) is 2.73. The number of aliphatic hydroxyl groups excluding tert-OH is 1. The fraction of sp³-hybridized carbons (Fsp3) is 0.478. The van der Waals surface area contributed by atoms with Crippen LogP contribution in [0, 0.1) is 0 Å². The van der Waals surface area contributed by atoms with Gasteiger partial charge in [0.05, 0.1) is 12.7 Å². The largest absolute Gasteiger partial charge is 0.496 e. The summed E-state index contributed by atoms with van der Waals surface area (Å²) >= 11 is 0. The molecule has 0 atom stereocenters. The molecule has 9 heteroatoms. The van der Waals surface area contributed by atoms with E-state index >= 15 is 0 Å². The first-order valence-electron chi connectivity index (χ1n) is 10.3. The van der Waals surface area contributed by atoms with E-state index in [9.17, 15) is 31.4 Å². The van der Waals surface area contributed by atoms with Crippen molar-refractivity contribution in [2.75, 3.05) is 13.7 Å². The molecular formula is C23H25F6NO2. The molecule has 1 aliphatic carbocycles. The third-order valence-corrected chi connectivity index (χ3v) is 6.22. The molecule has 0 saturated heterocycles. The minimum absolute atomic E-state index is 0.0346. The number of benzene rings is 2. The van der Waals surface area contributed by atoms with E-state index in [2.05, 4.69) is 0 Å². The molecule has 3 nitrogen and oxygen atoms in total. The number of methoxy groups -OCH3 is 1. The predicted molar refractivity (Wildman–Crippen MR) is 107 cm³/mol. The molecule has 0 unspecified atom stereocenters. The van der Waals surface area contributed by atoms with Crippen LogP contribution in [-0.4, -0.2) is 24.9 Å². The van der Waals surface area contributed by atoms with Crippen LogP contribution in [-0.2, 0) is 24.2 Å². The summed E-state index contributed by atoms with van der Waals surface area (Å²) in [6, 6.07) is 8.38. The summed E-state index contributed by atoms with van der Waals surface area (Å²) in [5, 5.41) is 9.27. The molecule has 1 fully saturated rings. The lowest BCUT2D eigenvalue weighted by Crippen LogP contribution is -2.41. The number of rotatable bonds is 5. The third kappa shape index (κ3) is 4.45. The van der Waals surface area contributed by atoms with Crippen LogP contribution in [0.4, 0.5) is 26.3 Å². The number of nitrogens with two attached hydrogens (primary N) is 1. The lowest BCUT2D eigenvalue weighted by Gasteiger charge is -2.43. The number of halogens is 6. The van der Waals surface area contributed by atoms with Gasteiger partial charge in [-0.1, -0.05) is 30.3 Å². The van der Waals surface area contributed by atoms with Gasteiger partial charge in [-0.05, 0) is 54.9 Å². The zero-order valence-corrected chi connectivity index (χ0v) is 17.5. The lowest BCUT2D eigenvalue weighted by molar-refractivity contribution is -0.146.